The van der Waals surface area contributed by atoms with Crippen molar-refractivity contribution in [3.63, 3.8) is 0 Å². The smallest absolute Gasteiger partial charge is 0.176 e. The first-order chi connectivity index (χ1) is 9.11. The van der Waals surface area contributed by atoms with Crippen LogP contribution in [0.25, 0.3) is 0 Å². The van der Waals surface area contributed by atoms with Gasteiger partial charge in [0.05, 0.1) is 24.7 Å². The van der Waals surface area contributed by atoms with E-state index in [0.717, 1.165) is 29.9 Å². The molecule has 0 amide bonds. The second kappa shape index (κ2) is 6.50. The highest BCUT2D eigenvalue weighted by Gasteiger charge is 2.22. The molecule has 19 heavy (non-hydrogen) atoms. The van der Waals surface area contributed by atoms with Crippen LogP contribution in [0.4, 0.5) is 0 Å². The largest absolute Gasteiger partial charge is 0.496 e. The van der Waals surface area contributed by atoms with Crippen LogP contribution in [0.1, 0.15) is 16.8 Å². The summed E-state index contributed by atoms with van der Waals surface area (Å²) in [6.45, 7) is 1.92. The van der Waals surface area contributed by atoms with Crippen molar-refractivity contribution in [2.45, 2.75) is 12.5 Å². The Morgan fingerprint density at radius 1 is 1.58 bits per heavy atom. The Hall–Kier alpha value is -0.910. The van der Waals surface area contributed by atoms with Gasteiger partial charge in [0.15, 0.2) is 5.78 Å². The number of methoxy groups -OCH3 is 1. The fraction of sp³-hybridized carbons (Fsp3) is 0.500. The van der Waals surface area contributed by atoms with Gasteiger partial charge in [-0.25, -0.2) is 0 Å². The zero-order chi connectivity index (χ0) is 13.8. The molecule has 1 saturated heterocycles. The molecule has 0 radical (unpaired) electrons. The number of hydrogen-bond donors (Lipinski definition) is 0. The van der Waals surface area contributed by atoms with Crippen molar-refractivity contribution in [3.8, 4) is 5.75 Å². The van der Waals surface area contributed by atoms with Crippen molar-refractivity contribution >= 4 is 21.7 Å². The number of carbonyl (C=O) groups excluding carboxylic acids is 1. The Bertz CT molecular complexity index is 458. The van der Waals surface area contributed by atoms with Crippen LogP contribution in [0.2, 0.25) is 0 Å². The molecule has 1 aliphatic rings. The SMILES string of the molecule is COc1ccc(C(=O)CN(C)C2CCOC2)cc1Br. The second-order valence-electron chi connectivity index (χ2n) is 4.71. The molecule has 0 aliphatic carbocycles. The standard InChI is InChI=1S/C14H18BrNO3/c1-16(11-5-6-19-9-11)8-13(17)10-3-4-14(18-2)12(15)7-10/h3-4,7,11H,5-6,8-9H2,1-2H3. The predicted octanol–water partition coefficient (Wildman–Crippen LogP) is 2.36. The molecule has 0 N–H and O–H groups in total. The van der Waals surface area contributed by atoms with Gasteiger partial charge in [0.1, 0.15) is 5.75 Å². The maximum atomic E-state index is 12.2. The zero-order valence-corrected chi connectivity index (χ0v) is 12.8. The molecule has 1 heterocycles. The number of benzene rings is 1. The lowest BCUT2D eigenvalue weighted by Gasteiger charge is -2.21. The molecule has 0 bridgehead atoms. The highest BCUT2D eigenvalue weighted by atomic mass is 79.9. The van der Waals surface area contributed by atoms with E-state index < -0.39 is 0 Å². The molecule has 0 saturated carbocycles. The molecule has 4 nitrogen and oxygen atoms in total. The first kappa shape index (κ1) is 14.5. The minimum Gasteiger partial charge on any atom is -0.496 e. The quantitative estimate of drug-likeness (QED) is 0.778. The molecule has 104 valence electrons. The summed E-state index contributed by atoms with van der Waals surface area (Å²) in [6, 6.07) is 5.76. The van der Waals surface area contributed by atoms with Crippen molar-refractivity contribution in [1.29, 1.82) is 0 Å². The second-order valence-corrected chi connectivity index (χ2v) is 5.56. The van der Waals surface area contributed by atoms with Crippen molar-refractivity contribution in [2.75, 3.05) is 33.9 Å². The van der Waals surface area contributed by atoms with Gasteiger partial charge in [-0.05, 0) is 47.6 Å². The first-order valence-corrected chi connectivity index (χ1v) is 7.06. The Morgan fingerprint density at radius 2 is 2.37 bits per heavy atom. The number of ether oxygens (including phenoxy) is 2. The summed E-state index contributed by atoms with van der Waals surface area (Å²) in [5.41, 5.74) is 0.693. The summed E-state index contributed by atoms with van der Waals surface area (Å²) in [5.74, 6) is 0.840. The molecule has 1 fully saturated rings. The van der Waals surface area contributed by atoms with Gasteiger partial charge in [-0.3, -0.25) is 9.69 Å². The van der Waals surface area contributed by atoms with Gasteiger partial charge in [-0.2, -0.15) is 0 Å². The Labute approximate surface area is 121 Å². The van der Waals surface area contributed by atoms with E-state index in [2.05, 4.69) is 20.8 Å². The van der Waals surface area contributed by atoms with E-state index >= 15 is 0 Å². The van der Waals surface area contributed by atoms with E-state index in [9.17, 15) is 4.79 Å². The molecular formula is C14H18BrNO3. The number of nitrogens with zero attached hydrogens (tertiary/aromatic N) is 1. The lowest BCUT2D eigenvalue weighted by atomic mass is 10.1. The van der Waals surface area contributed by atoms with Crippen LogP contribution in [0.5, 0.6) is 5.75 Å². The third kappa shape index (κ3) is 3.55. The Kier molecular flexibility index (Phi) is 4.96. The zero-order valence-electron chi connectivity index (χ0n) is 11.2. The van der Waals surface area contributed by atoms with E-state index in [1.54, 1.807) is 25.3 Å². The molecule has 1 aromatic rings. The van der Waals surface area contributed by atoms with Crippen molar-refractivity contribution in [2.24, 2.45) is 0 Å². The van der Waals surface area contributed by atoms with E-state index in [-0.39, 0.29) is 5.78 Å². The van der Waals surface area contributed by atoms with Crippen molar-refractivity contribution < 1.29 is 14.3 Å². The lowest BCUT2D eigenvalue weighted by Crippen LogP contribution is -2.36. The van der Waals surface area contributed by atoms with Gasteiger partial charge >= 0.3 is 0 Å². The maximum absolute atomic E-state index is 12.2. The number of ketones is 1. The summed E-state index contributed by atoms with van der Waals surface area (Å²) in [5, 5.41) is 0. The predicted molar refractivity (Wildman–Crippen MR) is 76.9 cm³/mol. The fourth-order valence-corrected chi connectivity index (χ4v) is 2.70. The molecule has 1 atom stereocenters. The third-order valence-corrected chi connectivity index (χ3v) is 4.02. The summed E-state index contributed by atoms with van der Waals surface area (Å²) in [4.78, 5) is 14.3. The number of likely N-dealkylation sites (N-methyl/N-ethyl adjacent to an activating group) is 1. The number of carbonyl (C=O) groups is 1. The van der Waals surface area contributed by atoms with Gasteiger partial charge < -0.3 is 9.47 Å². The summed E-state index contributed by atoms with van der Waals surface area (Å²) in [7, 11) is 3.57. The minimum atomic E-state index is 0.109. The van der Waals surface area contributed by atoms with Crippen LogP contribution in [0.3, 0.4) is 0 Å². The van der Waals surface area contributed by atoms with E-state index in [1.165, 1.54) is 0 Å². The average Bonchev–Trinajstić information content (AvgIpc) is 2.92. The van der Waals surface area contributed by atoms with E-state index in [1.807, 2.05) is 7.05 Å². The number of halogens is 1. The fourth-order valence-electron chi connectivity index (χ4n) is 2.16. The molecule has 0 spiro atoms. The van der Waals surface area contributed by atoms with Crippen LogP contribution in [-0.4, -0.2) is 50.6 Å². The first-order valence-electron chi connectivity index (χ1n) is 6.26. The molecule has 1 aliphatic heterocycles. The molecule has 1 aromatic carbocycles. The summed E-state index contributed by atoms with van der Waals surface area (Å²) >= 11 is 3.40. The Balaban J connectivity index is 2.01. The summed E-state index contributed by atoms with van der Waals surface area (Å²) in [6.07, 6.45) is 0.996. The molecule has 0 aromatic heterocycles. The normalized spacial score (nSPS) is 18.8. The van der Waals surface area contributed by atoms with E-state index in [0.29, 0.717) is 18.2 Å². The molecular weight excluding hydrogens is 310 g/mol. The lowest BCUT2D eigenvalue weighted by molar-refractivity contribution is 0.0907. The van der Waals surface area contributed by atoms with Crippen molar-refractivity contribution in [3.05, 3.63) is 28.2 Å². The van der Waals surface area contributed by atoms with Gasteiger partial charge in [-0.15, -0.1) is 0 Å². The topological polar surface area (TPSA) is 38.8 Å². The van der Waals surface area contributed by atoms with Gasteiger partial charge in [0.25, 0.3) is 0 Å². The summed E-state index contributed by atoms with van der Waals surface area (Å²) < 4.78 is 11.3. The molecule has 5 heteroatoms. The number of hydrogen-bond acceptors (Lipinski definition) is 4. The monoisotopic (exact) mass is 327 g/mol. The van der Waals surface area contributed by atoms with Gasteiger partial charge in [-0.1, -0.05) is 0 Å². The maximum Gasteiger partial charge on any atom is 0.176 e. The minimum absolute atomic E-state index is 0.109. The van der Waals surface area contributed by atoms with Crippen molar-refractivity contribution in [1.82, 2.24) is 4.90 Å². The van der Waals surface area contributed by atoms with Crippen LogP contribution >= 0.6 is 15.9 Å². The average molecular weight is 328 g/mol. The van der Waals surface area contributed by atoms with E-state index in [4.69, 9.17) is 9.47 Å². The van der Waals surface area contributed by atoms with Gasteiger partial charge in [0.2, 0.25) is 0 Å². The number of Topliss-reactive ketones (excluding diaryl/α,β-unsaturated/α-hetero) is 1. The highest BCUT2D eigenvalue weighted by Crippen LogP contribution is 2.25. The van der Waals surface area contributed by atoms with Crippen LogP contribution in [0.15, 0.2) is 22.7 Å². The third-order valence-electron chi connectivity index (χ3n) is 3.40. The van der Waals surface area contributed by atoms with Crippen LogP contribution in [-0.2, 0) is 4.74 Å². The molecule has 1 unspecified atom stereocenters. The highest BCUT2D eigenvalue weighted by molar-refractivity contribution is 9.10. The van der Waals surface area contributed by atoms with Crippen LogP contribution in [0, 0.1) is 0 Å². The number of rotatable bonds is 5. The van der Waals surface area contributed by atoms with Gasteiger partial charge in [0, 0.05) is 18.2 Å². The molecule has 2 rings (SSSR count). The van der Waals surface area contributed by atoms with Crippen LogP contribution < -0.4 is 4.74 Å². The Morgan fingerprint density at radius 3 is 2.95 bits per heavy atom.